The highest BCUT2D eigenvalue weighted by molar-refractivity contribution is 5.78. The summed E-state index contributed by atoms with van der Waals surface area (Å²) in [6.07, 6.45) is 4.19. The average molecular weight is 530 g/mol. The van der Waals surface area contributed by atoms with Crippen molar-refractivity contribution in [3.8, 4) is 5.88 Å². The highest BCUT2D eigenvalue weighted by Gasteiger charge is 2.33. The lowest BCUT2D eigenvalue weighted by Gasteiger charge is -2.38. The molecular formula is C28H33F2N3O5. The van der Waals surface area contributed by atoms with Gasteiger partial charge >= 0.3 is 0 Å². The minimum Gasteiger partial charge on any atom is -0.481 e. The van der Waals surface area contributed by atoms with E-state index in [1.807, 2.05) is 0 Å². The van der Waals surface area contributed by atoms with Gasteiger partial charge in [0.25, 0.3) is 0 Å². The first kappa shape index (κ1) is 28.0. The molecule has 3 heterocycles. The van der Waals surface area contributed by atoms with Gasteiger partial charge in [0.1, 0.15) is 11.6 Å². The lowest BCUT2D eigenvalue weighted by Crippen LogP contribution is -2.49. The summed E-state index contributed by atoms with van der Waals surface area (Å²) in [5, 5.41) is 33.9. The van der Waals surface area contributed by atoms with Crippen LogP contribution in [0.3, 0.4) is 0 Å². The van der Waals surface area contributed by atoms with Gasteiger partial charge in [0.2, 0.25) is 5.88 Å². The quantitative estimate of drug-likeness (QED) is 0.299. The standard InChI is InChI=1S/C28H33F2N3O5/c1-37-27-9-8-24-28(33-27)21(10-12-32-24)25(36)15-20-5-7-23(26(38-20)14-19(35)16-34)31-11-2-3-17-13-18(29)4-6-22(17)30/h2-4,6,8-10,12-13,19-20,23,25-26,31,34-36H,5,7,11,14-16H2,1H3/b3-2+/t19-,20+,23-,25+,26?/m1/s1. The van der Waals surface area contributed by atoms with Crippen molar-refractivity contribution in [2.45, 2.75) is 56.1 Å². The Morgan fingerprint density at radius 1 is 1.16 bits per heavy atom. The van der Waals surface area contributed by atoms with Crippen LogP contribution in [-0.4, -0.2) is 69.9 Å². The Balaban J connectivity index is 1.40. The molecule has 2 aromatic heterocycles. The molecule has 0 aliphatic carbocycles. The molecule has 5 atom stereocenters. The molecule has 0 amide bonds. The summed E-state index contributed by atoms with van der Waals surface area (Å²) >= 11 is 0. The van der Waals surface area contributed by atoms with Gasteiger partial charge in [0.15, 0.2) is 0 Å². The summed E-state index contributed by atoms with van der Waals surface area (Å²) < 4.78 is 38.7. The molecule has 0 saturated carbocycles. The van der Waals surface area contributed by atoms with Crippen molar-refractivity contribution in [2.75, 3.05) is 20.3 Å². The van der Waals surface area contributed by atoms with Gasteiger partial charge in [0.05, 0.1) is 49.2 Å². The Kier molecular flexibility index (Phi) is 9.70. The number of halogens is 2. The van der Waals surface area contributed by atoms with E-state index in [1.165, 1.54) is 13.2 Å². The second kappa shape index (κ2) is 13.2. The molecule has 0 bridgehead atoms. The maximum absolute atomic E-state index is 13.8. The van der Waals surface area contributed by atoms with E-state index >= 15 is 0 Å². The number of rotatable bonds is 11. The fourth-order valence-electron chi connectivity index (χ4n) is 4.76. The van der Waals surface area contributed by atoms with Gasteiger partial charge < -0.3 is 30.1 Å². The topological polar surface area (TPSA) is 117 Å². The number of aliphatic hydroxyl groups is 3. The Bertz CT molecular complexity index is 1240. The molecule has 4 N–H and O–H groups in total. The molecule has 0 radical (unpaired) electrons. The summed E-state index contributed by atoms with van der Waals surface area (Å²) in [6, 6.07) is 8.37. The lowest BCUT2D eigenvalue weighted by molar-refractivity contribution is -0.102. The Labute approximate surface area is 220 Å². The van der Waals surface area contributed by atoms with Crippen molar-refractivity contribution in [3.63, 3.8) is 0 Å². The summed E-state index contributed by atoms with van der Waals surface area (Å²) in [7, 11) is 1.53. The molecule has 3 aromatic rings. The average Bonchev–Trinajstić information content (AvgIpc) is 2.93. The van der Waals surface area contributed by atoms with E-state index < -0.39 is 36.6 Å². The normalized spacial score (nSPS) is 21.6. The number of pyridine rings is 2. The van der Waals surface area contributed by atoms with Crippen LogP contribution in [0.15, 0.2) is 48.7 Å². The molecule has 38 heavy (non-hydrogen) atoms. The van der Waals surface area contributed by atoms with Crippen molar-refractivity contribution in [1.29, 1.82) is 0 Å². The van der Waals surface area contributed by atoms with Gasteiger partial charge in [-0.05, 0) is 43.2 Å². The second-order valence-corrected chi connectivity index (χ2v) is 9.40. The minimum absolute atomic E-state index is 0.140. The molecule has 1 unspecified atom stereocenters. The van der Waals surface area contributed by atoms with Crippen LogP contribution in [0.1, 0.15) is 42.9 Å². The monoisotopic (exact) mass is 529 g/mol. The van der Waals surface area contributed by atoms with Crippen molar-refractivity contribution in [3.05, 3.63) is 71.4 Å². The van der Waals surface area contributed by atoms with Gasteiger partial charge in [-0.1, -0.05) is 12.2 Å². The van der Waals surface area contributed by atoms with Crippen molar-refractivity contribution in [1.82, 2.24) is 15.3 Å². The van der Waals surface area contributed by atoms with Crippen LogP contribution in [0.25, 0.3) is 17.1 Å². The zero-order valence-corrected chi connectivity index (χ0v) is 21.1. The first-order valence-electron chi connectivity index (χ1n) is 12.6. The SMILES string of the molecule is COc1ccc2nccc([C@@H](O)C[C@@H]3CC[C@@H](NC/C=C/c4cc(F)ccc4F)C(C[C@@H](O)CO)O3)c2n1. The predicted molar refractivity (Wildman–Crippen MR) is 138 cm³/mol. The Hall–Kier alpha value is -3.02. The van der Waals surface area contributed by atoms with Crippen LogP contribution in [0.5, 0.6) is 5.88 Å². The van der Waals surface area contributed by atoms with Crippen LogP contribution in [0.4, 0.5) is 8.78 Å². The van der Waals surface area contributed by atoms with E-state index in [9.17, 15) is 24.1 Å². The third-order valence-electron chi connectivity index (χ3n) is 6.73. The zero-order valence-electron chi connectivity index (χ0n) is 21.1. The van der Waals surface area contributed by atoms with Crippen molar-refractivity contribution < 1.29 is 33.6 Å². The maximum atomic E-state index is 13.8. The summed E-state index contributed by atoms with van der Waals surface area (Å²) in [5.74, 6) is -0.598. The Morgan fingerprint density at radius 2 is 2.00 bits per heavy atom. The van der Waals surface area contributed by atoms with Gasteiger partial charge in [0, 0.05) is 48.8 Å². The highest BCUT2D eigenvalue weighted by atomic mass is 19.1. The molecule has 1 saturated heterocycles. The number of ether oxygens (including phenoxy) is 2. The van der Waals surface area contributed by atoms with E-state index in [0.717, 1.165) is 18.2 Å². The van der Waals surface area contributed by atoms with Gasteiger partial charge in [-0.25, -0.2) is 13.8 Å². The van der Waals surface area contributed by atoms with E-state index in [4.69, 9.17) is 9.47 Å². The number of hydrogen-bond donors (Lipinski definition) is 4. The first-order valence-corrected chi connectivity index (χ1v) is 12.6. The molecule has 8 nitrogen and oxygen atoms in total. The minimum atomic E-state index is -0.953. The van der Waals surface area contributed by atoms with Gasteiger partial charge in [-0.2, -0.15) is 0 Å². The van der Waals surface area contributed by atoms with E-state index in [-0.39, 0.29) is 24.1 Å². The van der Waals surface area contributed by atoms with Crippen molar-refractivity contribution in [2.24, 2.45) is 0 Å². The third kappa shape index (κ3) is 7.09. The van der Waals surface area contributed by atoms with Crippen LogP contribution >= 0.6 is 0 Å². The molecule has 1 aliphatic heterocycles. The highest BCUT2D eigenvalue weighted by Crippen LogP contribution is 2.32. The summed E-state index contributed by atoms with van der Waals surface area (Å²) in [5.41, 5.74) is 1.98. The second-order valence-electron chi connectivity index (χ2n) is 9.40. The molecule has 4 rings (SSSR count). The van der Waals surface area contributed by atoms with Crippen LogP contribution in [0, 0.1) is 11.6 Å². The number of fused-ring (bicyclic) bond motifs is 1. The number of nitrogens with zero attached hydrogens (tertiary/aromatic N) is 2. The fraction of sp³-hybridized carbons (Fsp3) is 0.429. The molecule has 204 valence electrons. The summed E-state index contributed by atoms with van der Waals surface area (Å²) in [4.78, 5) is 8.76. The predicted octanol–water partition coefficient (Wildman–Crippen LogP) is 3.30. The van der Waals surface area contributed by atoms with Gasteiger partial charge in [-0.15, -0.1) is 0 Å². The van der Waals surface area contributed by atoms with E-state index in [2.05, 4.69) is 15.3 Å². The smallest absolute Gasteiger partial charge is 0.213 e. The molecule has 0 spiro atoms. The molecule has 1 fully saturated rings. The van der Waals surface area contributed by atoms with Crippen LogP contribution in [0.2, 0.25) is 0 Å². The Morgan fingerprint density at radius 3 is 2.79 bits per heavy atom. The van der Waals surface area contributed by atoms with Crippen LogP contribution in [-0.2, 0) is 4.74 Å². The van der Waals surface area contributed by atoms with Crippen molar-refractivity contribution >= 4 is 17.1 Å². The maximum Gasteiger partial charge on any atom is 0.213 e. The first-order chi connectivity index (χ1) is 18.4. The number of benzene rings is 1. The third-order valence-corrected chi connectivity index (χ3v) is 6.73. The number of hydrogen-bond acceptors (Lipinski definition) is 8. The van der Waals surface area contributed by atoms with E-state index in [1.54, 1.807) is 30.5 Å². The fourth-order valence-corrected chi connectivity index (χ4v) is 4.76. The van der Waals surface area contributed by atoms with Crippen LogP contribution < -0.4 is 10.1 Å². The number of nitrogens with one attached hydrogen (secondary N) is 1. The van der Waals surface area contributed by atoms with Gasteiger partial charge in [-0.3, -0.25) is 4.98 Å². The largest absolute Gasteiger partial charge is 0.481 e. The zero-order chi connectivity index (χ0) is 27.1. The lowest BCUT2D eigenvalue weighted by atomic mass is 9.91. The number of aromatic nitrogens is 2. The number of methoxy groups -OCH3 is 1. The number of aliphatic hydroxyl groups excluding tert-OH is 3. The molecular weight excluding hydrogens is 496 g/mol. The van der Waals surface area contributed by atoms with E-state index in [0.29, 0.717) is 48.3 Å². The molecule has 1 aliphatic rings. The summed E-state index contributed by atoms with van der Waals surface area (Å²) in [6.45, 7) is -0.0192. The molecule has 10 heteroatoms. The molecule has 1 aromatic carbocycles.